The van der Waals surface area contributed by atoms with Crippen LogP contribution in [0.1, 0.15) is 23.1 Å². The summed E-state index contributed by atoms with van der Waals surface area (Å²) >= 11 is 0. The van der Waals surface area contributed by atoms with Crippen LogP contribution in [0, 0.1) is 6.92 Å². The lowest BCUT2D eigenvalue weighted by atomic mass is 10.2. The number of aromatic nitrogens is 1. The van der Waals surface area contributed by atoms with Crippen molar-refractivity contribution in [1.82, 2.24) is 9.47 Å². The molecule has 15 heavy (non-hydrogen) atoms. The topological polar surface area (TPSA) is 51.3 Å². The van der Waals surface area contributed by atoms with Crippen LogP contribution in [-0.4, -0.2) is 35.0 Å². The van der Waals surface area contributed by atoms with Gasteiger partial charge in [-0.1, -0.05) is 0 Å². The Balaban J connectivity index is 2.90. The molecule has 84 valence electrons. The van der Waals surface area contributed by atoms with Gasteiger partial charge in [0.25, 0.3) is 5.91 Å². The number of carbonyl (C=O) groups is 1. The van der Waals surface area contributed by atoms with E-state index in [1.165, 1.54) is 0 Å². The number of amides is 1. The predicted molar refractivity (Wildman–Crippen MR) is 60.8 cm³/mol. The highest BCUT2D eigenvalue weighted by molar-refractivity contribution is 5.93. The van der Waals surface area contributed by atoms with E-state index in [4.69, 9.17) is 5.73 Å². The van der Waals surface area contributed by atoms with Crippen LogP contribution in [0.15, 0.2) is 12.1 Å². The molecule has 0 fully saturated rings. The quantitative estimate of drug-likeness (QED) is 0.798. The molecule has 1 heterocycles. The van der Waals surface area contributed by atoms with Gasteiger partial charge in [-0.2, -0.15) is 0 Å². The standard InChI is InChI=1S/C11H19N3O/c1-8-5-6-10(13(8)3)11(15)14(4)9(2)7-12/h5-6,9H,7,12H2,1-4H3. The highest BCUT2D eigenvalue weighted by Crippen LogP contribution is 2.09. The smallest absolute Gasteiger partial charge is 0.270 e. The van der Waals surface area contributed by atoms with Gasteiger partial charge in [0.2, 0.25) is 0 Å². The highest BCUT2D eigenvalue weighted by atomic mass is 16.2. The maximum Gasteiger partial charge on any atom is 0.270 e. The normalized spacial score (nSPS) is 12.6. The predicted octanol–water partition coefficient (Wildman–Crippen LogP) is 0.753. The molecule has 0 saturated carbocycles. The van der Waals surface area contributed by atoms with Crippen molar-refractivity contribution in [3.8, 4) is 0 Å². The second kappa shape index (κ2) is 4.49. The Kier molecular flexibility index (Phi) is 3.52. The number of likely N-dealkylation sites (N-methyl/N-ethyl adjacent to an activating group) is 1. The van der Waals surface area contributed by atoms with E-state index in [1.807, 2.05) is 37.6 Å². The van der Waals surface area contributed by atoms with E-state index < -0.39 is 0 Å². The van der Waals surface area contributed by atoms with Crippen molar-refractivity contribution in [3.05, 3.63) is 23.5 Å². The molecule has 0 aromatic carbocycles. The zero-order chi connectivity index (χ0) is 11.6. The summed E-state index contributed by atoms with van der Waals surface area (Å²) in [6.07, 6.45) is 0. The molecule has 1 aromatic heterocycles. The Morgan fingerprint density at radius 1 is 1.60 bits per heavy atom. The van der Waals surface area contributed by atoms with E-state index in [2.05, 4.69) is 0 Å². The Labute approximate surface area is 90.7 Å². The van der Waals surface area contributed by atoms with Crippen molar-refractivity contribution in [2.45, 2.75) is 19.9 Å². The Morgan fingerprint density at radius 2 is 2.20 bits per heavy atom. The molecule has 4 heteroatoms. The van der Waals surface area contributed by atoms with Gasteiger partial charge in [0.1, 0.15) is 5.69 Å². The van der Waals surface area contributed by atoms with E-state index in [-0.39, 0.29) is 11.9 Å². The third-order valence-electron chi connectivity index (χ3n) is 2.91. The third-order valence-corrected chi connectivity index (χ3v) is 2.91. The zero-order valence-electron chi connectivity index (χ0n) is 9.82. The number of hydrogen-bond acceptors (Lipinski definition) is 2. The summed E-state index contributed by atoms with van der Waals surface area (Å²) in [5, 5.41) is 0. The first-order chi connectivity index (χ1) is 6.99. The number of hydrogen-bond donors (Lipinski definition) is 1. The number of rotatable bonds is 3. The van der Waals surface area contributed by atoms with Crippen LogP contribution < -0.4 is 5.73 Å². The molecule has 2 N–H and O–H groups in total. The first-order valence-electron chi connectivity index (χ1n) is 5.08. The minimum absolute atomic E-state index is 0.0172. The van der Waals surface area contributed by atoms with Gasteiger partial charge in [-0.25, -0.2) is 0 Å². The molecule has 0 radical (unpaired) electrons. The fourth-order valence-electron chi connectivity index (χ4n) is 1.37. The largest absolute Gasteiger partial charge is 0.344 e. The highest BCUT2D eigenvalue weighted by Gasteiger charge is 2.18. The first-order valence-corrected chi connectivity index (χ1v) is 5.08. The number of nitrogens with two attached hydrogens (primary N) is 1. The monoisotopic (exact) mass is 209 g/mol. The van der Waals surface area contributed by atoms with Crippen LogP contribution in [0.2, 0.25) is 0 Å². The van der Waals surface area contributed by atoms with Crippen molar-refractivity contribution in [1.29, 1.82) is 0 Å². The van der Waals surface area contributed by atoms with Crippen LogP contribution in [0.4, 0.5) is 0 Å². The van der Waals surface area contributed by atoms with Crippen LogP contribution in [0.5, 0.6) is 0 Å². The SMILES string of the molecule is Cc1ccc(C(=O)N(C)C(C)CN)n1C. The molecule has 0 aliphatic carbocycles. The van der Waals surface area contributed by atoms with E-state index in [1.54, 1.807) is 11.9 Å². The van der Waals surface area contributed by atoms with Gasteiger partial charge in [0, 0.05) is 32.4 Å². The molecule has 0 bridgehead atoms. The summed E-state index contributed by atoms with van der Waals surface area (Å²) in [6, 6.07) is 3.85. The van der Waals surface area contributed by atoms with Crippen LogP contribution in [0.25, 0.3) is 0 Å². The molecule has 0 spiro atoms. The zero-order valence-corrected chi connectivity index (χ0v) is 9.82. The maximum absolute atomic E-state index is 12.0. The summed E-state index contributed by atoms with van der Waals surface area (Å²) < 4.78 is 1.89. The molecule has 0 aliphatic heterocycles. The minimum Gasteiger partial charge on any atom is -0.344 e. The van der Waals surface area contributed by atoms with Gasteiger partial charge in [-0.3, -0.25) is 4.79 Å². The molecule has 0 saturated heterocycles. The van der Waals surface area contributed by atoms with Gasteiger partial charge in [-0.05, 0) is 26.0 Å². The lowest BCUT2D eigenvalue weighted by Gasteiger charge is -2.23. The fourth-order valence-corrected chi connectivity index (χ4v) is 1.37. The molecule has 4 nitrogen and oxygen atoms in total. The summed E-state index contributed by atoms with van der Waals surface area (Å²) in [7, 11) is 3.67. The number of aryl methyl sites for hydroxylation is 1. The van der Waals surface area contributed by atoms with Crippen molar-refractivity contribution in [2.24, 2.45) is 12.8 Å². The average molecular weight is 209 g/mol. The van der Waals surface area contributed by atoms with Gasteiger partial charge >= 0.3 is 0 Å². The van der Waals surface area contributed by atoms with Crippen LogP contribution >= 0.6 is 0 Å². The fraction of sp³-hybridized carbons (Fsp3) is 0.545. The Bertz CT molecular complexity index is 357. The summed E-state index contributed by atoms with van der Waals surface area (Å²) in [6.45, 7) is 4.39. The number of carbonyl (C=O) groups excluding carboxylic acids is 1. The first kappa shape index (κ1) is 11.8. The lowest BCUT2D eigenvalue weighted by Crippen LogP contribution is -2.40. The second-order valence-electron chi connectivity index (χ2n) is 3.92. The summed E-state index contributed by atoms with van der Waals surface area (Å²) in [5.41, 5.74) is 7.31. The van der Waals surface area contributed by atoms with Gasteiger partial charge in [0.05, 0.1) is 0 Å². The Hall–Kier alpha value is -1.29. The molecule has 1 amide bonds. The number of nitrogens with zero attached hydrogens (tertiary/aromatic N) is 2. The van der Waals surface area contributed by atoms with Crippen molar-refractivity contribution in [3.63, 3.8) is 0 Å². The van der Waals surface area contributed by atoms with Crippen molar-refractivity contribution < 1.29 is 4.79 Å². The molecule has 0 aliphatic rings. The third kappa shape index (κ3) is 2.21. The van der Waals surface area contributed by atoms with Crippen LogP contribution in [0.3, 0.4) is 0 Å². The lowest BCUT2D eigenvalue weighted by molar-refractivity contribution is 0.0738. The second-order valence-corrected chi connectivity index (χ2v) is 3.92. The molecule has 1 aromatic rings. The molecule has 1 atom stereocenters. The minimum atomic E-state index is 0.0172. The van der Waals surface area contributed by atoms with Crippen molar-refractivity contribution >= 4 is 5.91 Å². The average Bonchev–Trinajstić information content (AvgIpc) is 2.56. The maximum atomic E-state index is 12.0. The summed E-state index contributed by atoms with van der Waals surface area (Å²) in [5.74, 6) is 0.0172. The van der Waals surface area contributed by atoms with E-state index in [9.17, 15) is 4.79 Å². The molecular formula is C11H19N3O. The molecule has 1 unspecified atom stereocenters. The Morgan fingerprint density at radius 3 is 2.60 bits per heavy atom. The van der Waals surface area contributed by atoms with Crippen LogP contribution in [-0.2, 0) is 7.05 Å². The van der Waals surface area contributed by atoms with E-state index in [0.717, 1.165) is 5.69 Å². The van der Waals surface area contributed by atoms with Gasteiger partial charge in [0.15, 0.2) is 0 Å². The van der Waals surface area contributed by atoms with E-state index in [0.29, 0.717) is 12.2 Å². The van der Waals surface area contributed by atoms with Gasteiger partial charge < -0.3 is 15.2 Å². The molecular weight excluding hydrogens is 190 g/mol. The summed E-state index contributed by atoms with van der Waals surface area (Å²) in [4.78, 5) is 13.7. The van der Waals surface area contributed by atoms with Crippen molar-refractivity contribution in [2.75, 3.05) is 13.6 Å². The van der Waals surface area contributed by atoms with E-state index >= 15 is 0 Å². The van der Waals surface area contributed by atoms with Gasteiger partial charge in [-0.15, -0.1) is 0 Å². The molecule has 1 rings (SSSR count).